The Labute approximate surface area is 120 Å². The van der Waals surface area contributed by atoms with E-state index < -0.39 is 0 Å². The van der Waals surface area contributed by atoms with E-state index >= 15 is 0 Å². The molecule has 0 atom stereocenters. The van der Waals surface area contributed by atoms with Crippen LogP contribution in [-0.4, -0.2) is 23.1 Å². The Balaban J connectivity index is 2.12. The van der Waals surface area contributed by atoms with Gasteiger partial charge in [0.25, 0.3) is 0 Å². The zero-order valence-electron chi connectivity index (χ0n) is 12.4. The van der Waals surface area contributed by atoms with Crippen LogP contribution in [-0.2, 0) is 6.54 Å². The van der Waals surface area contributed by atoms with Gasteiger partial charge in [-0.3, -0.25) is 0 Å². The number of nitrogens with one attached hydrogen (secondary N) is 1. The fourth-order valence-corrected chi connectivity index (χ4v) is 2.12. The number of anilines is 2. The van der Waals surface area contributed by atoms with Gasteiger partial charge in [0.15, 0.2) is 0 Å². The van der Waals surface area contributed by atoms with Crippen LogP contribution in [0.2, 0.25) is 0 Å². The molecule has 4 heteroatoms. The molecule has 0 saturated carbocycles. The SMILES string of the molecule is CCN(CC)c1cc(C)nc(NCc2ccccc2)n1. The molecule has 1 aromatic carbocycles. The van der Waals surface area contributed by atoms with Crippen LogP contribution in [0.25, 0.3) is 0 Å². The predicted molar refractivity (Wildman–Crippen MR) is 84.1 cm³/mol. The average molecular weight is 270 g/mol. The number of benzene rings is 1. The highest BCUT2D eigenvalue weighted by molar-refractivity contribution is 5.44. The summed E-state index contributed by atoms with van der Waals surface area (Å²) in [6.07, 6.45) is 0. The molecule has 0 spiro atoms. The van der Waals surface area contributed by atoms with Crippen molar-refractivity contribution in [1.82, 2.24) is 9.97 Å². The molecule has 2 aromatic rings. The molecule has 20 heavy (non-hydrogen) atoms. The number of nitrogens with zero attached hydrogens (tertiary/aromatic N) is 3. The highest BCUT2D eigenvalue weighted by Crippen LogP contribution is 2.15. The zero-order chi connectivity index (χ0) is 14.4. The van der Waals surface area contributed by atoms with Crippen LogP contribution in [0.3, 0.4) is 0 Å². The van der Waals surface area contributed by atoms with Crippen molar-refractivity contribution in [2.75, 3.05) is 23.3 Å². The van der Waals surface area contributed by atoms with Crippen molar-refractivity contribution in [2.24, 2.45) is 0 Å². The predicted octanol–water partition coefficient (Wildman–Crippen LogP) is 3.24. The van der Waals surface area contributed by atoms with Gasteiger partial charge in [-0.15, -0.1) is 0 Å². The summed E-state index contributed by atoms with van der Waals surface area (Å²) in [5.74, 6) is 1.67. The van der Waals surface area contributed by atoms with E-state index in [4.69, 9.17) is 0 Å². The second kappa shape index (κ2) is 6.89. The Bertz CT molecular complexity index is 535. The molecule has 1 aromatic heterocycles. The number of aromatic nitrogens is 2. The van der Waals surface area contributed by atoms with Crippen molar-refractivity contribution in [3.8, 4) is 0 Å². The summed E-state index contributed by atoms with van der Waals surface area (Å²) in [5, 5.41) is 3.30. The van der Waals surface area contributed by atoms with E-state index in [0.29, 0.717) is 5.95 Å². The maximum Gasteiger partial charge on any atom is 0.225 e. The van der Waals surface area contributed by atoms with E-state index in [2.05, 4.69) is 46.2 Å². The van der Waals surface area contributed by atoms with E-state index in [1.807, 2.05) is 31.2 Å². The lowest BCUT2D eigenvalue weighted by atomic mass is 10.2. The van der Waals surface area contributed by atoms with Gasteiger partial charge in [-0.2, -0.15) is 4.98 Å². The van der Waals surface area contributed by atoms with E-state index in [1.165, 1.54) is 5.56 Å². The van der Waals surface area contributed by atoms with Gasteiger partial charge in [-0.25, -0.2) is 4.98 Å². The lowest BCUT2D eigenvalue weighted by Crippen LogP contribution is -2.23. The monoisotopic (exact) mass is 270 g/mol. The number of hydrogen-bond donors (Lipinski definition) is 1. The molecule has 0 aliphatic heterocycles. The van der Waals surface area contributed by atoms with Crippen LogP contribution in [0.15, 0.2) is 36.4 Å². The summed E-state index contributed by atoms with van der Waals surface area (Å²) >= 11 is 0. The molecule has 0 saturated heterocycles. The molecule has 0 radical (unpaired) electrons. The maximum atomic E-state index is 4.59. The van der Waals surface area contributed by atoms with Gasteiger partial charge in [0.2, 0.25) is 5.95 Å². The van der Waals surface area contributed by atoms with Crippen LogP contribution in [0.5, 0.6) is 0 Å². The van der Waals surface area contributed by atoms with Crippen molar-refractivity contribution in [2.45, 2.75) is 27.3 Å². The molecule has 0 bridgehead atoms. The van der Waals surface area contributed by atoms with E-state index in [9.17, 15) is 0 Å². The standard InChI is InChI=1S/C16H22N4/c1-4-20(5-2)15-11-13(3)18-16(19-15)17-12-14-9-7-6-8-10-14/h6-11H,4-5,12H2,1-3H3,(H,17,18,19). The Kier molecular flexibility index (Phi) is 4.93. The minimum absolute atomic E-state index is 0.691. The van der Waals surface area contributed by atoms with Crippen LogP contribution in [0, 0.1) is 6.92 Å². The largest absolute Gasteiger partial charge is 0.357 e. The van der Waals surface area contributed by atoms with Crippen LogP contribution in [0.4, 0.5) is 11.8 Å². The van der Waals surface area contributed by atoms with Crippen molar-refractivity contribution < 1.29 is 0 Å². The quantitative estimate of drug-likeness (QED) is 0.875. The van der Waals surface area contributed by atoms with Gasteiger partial charge in [0.05, 0.1) is 0 Å². The molecule has 106 valence electrons. The van der Waals surface area contributed by atoms with Gasteiger partial charge in [-0.1, -0.05) is 30.3 Å². The molecule has 0 fully saturated rings. The first kappa shape index (κ1) is 14.3. The molecule has 1 heterocycles. The third-order valence-electron chi connectivity index (χ3n) is 3.22. The Hall–Kier alpha value is -2.10. The van der Waals surface area contributed by atoms with Gasteiger partial charge in [0.1, 0.15) is 5.82 Å². The number of rotatable bonds is 6. The summed E-state index contributed by atoms with van der Waals surface area (Å²) in [4.78, 5) is 11.3. The Morgan fingerprint density at radius 1 is 1.05 bits per heavy atom. The summed E-state index contributed by atoms with van der Waals surface area (Å²) in [6.45, 7) is 8.91. The first-order valence-electron chi connectivity index (χ1n) is 7.11. The summed E-state index contributed by atoms with van der Waals surface area (Å²) in [6, 6.07) is 12.3. The number of hydrogen-bond acceptors (Lipinski definition) is 4. The molecule has 0 amide bonds. The van der Waals surface area contributed by atoms with Crippen LogP contribution in [0.1, 0.15) is 25.1 Å². The second-order valence-corrected chi connectivity index (χ2v) is 4.70. The maximum absolute atomic E-state index is 4.59. The highest BCUT2D eigenvalue weighted by atomic mass is 15.2. The van der Waals surface area contributed by atoms with Crippen molar-refractivity contribution in [3.05, 3.63) is 47.7 Å². The third-order valence-corrected chi connectivity index (χ3v) is 3.22. The second-order valence-electron chi connectivity index (χ2n) is 4.70. The lowest BCUT2D eigenvalue weighted by molar-refractivity contribution is 0.838. The van der Waals surface area contributed by atoms with Crippen LogP contribution < -0.4 is 10.2 Å². The normalized spacial score (nSPS) is 10.3. The highest BCUT2D eigenvalue weighted by Gasteiger charge is 2.07. The van der Waals surface area contributed by atoms with Crippen LogP contribution >= 0.6 is 0 Å². The van der Waals surface area contributed by atoms with Crippen molar-refractivity contribution in [3.63, 3.8) is 0 Å². The molecule has 0 aliphatic carbocycles. The minimum atomic E-state index is 0.691. The third kappa shape index (κ3) is 3.70. The van der Waals surface area contributed by atoms with Gasteiger partial charge in [-0.05, 0) is 26.3 Å². The minimum Gasteiger partial charge on any atom is -0.357 e. The van der Waals surface area contributed by atoms with Gasteiger partial charge in [0, 0.05) is 31.4 Å². The van der Waals surface area contributed by atoms with Gasteiger partial charge < -0.3 is 10.2 Å². The van der Waals surface area contributed by atoms with Crippen molar-refractivity contribution in [1.29, 1.82) is 0 Å². The first-order valence-corrected chi connectivity index (χ1v) is 7.11. The van der Waals surface area contributed by atoms with E-state index in [1.54, 1.807) is 0 Å². The van der Waals surface area contributed by atoms with Gasteiger partial charge >= 0.3 is 0 Å². The molecule has 1 N–H and O–H groups in total. The molecular formula is C16H22N4. The molecule has 0 aliphatic rings. The molecule has 2 rings (SSSR count). The molecular weight excluding hydrogens is 248 g/mol. The first-order chi connectivity index (χ1) is 9.72. The summed E-state index contributed by atoms with van der Waals surface area (Å²) < 4.78 is 0. The summed E-state index contributed by atoms with van der Waals surface area (Å²) in [7, 11) is 0. The summed E-state index contributed by atoms with van der Waals surface area (Å²) in [5.41, 5.74) is 2.21. The average Bonchev–Trinajstić information content (AvgIpc) is 2.47. The zero-order valence-corrected chi connectivity index (χ0v) is 12.4. The van der Waals surface area contributed by atoms with Crippen molar-refractivity contribution >= 4 is 11.8 Å². The molecule has 4 nitrogen and oxygen atoms in total. The lowest BCUT2D eigenvalue weighted by Gasteiger charge is -2.20. The fraction of sp³-hybridized carbons (Fsp3) is 0.375. The topological polar surface area (TPSA) is 41.1 Å². The van der Waals surface area contributed by atoms with E-state index in [0.717, 1.165) is 31.1 Å². The smallest absolute Gasteiger partial charge is 0.225 e. The Morgan fingerprint density at radius 3 is 2.40 bits per heavy atom. The molecule has 0 unspecified atom stereocenters. The number of aryl methyl sites for hydroxylation is 1. The fourth-order valence-electron chi connectivity index (χ4n) is 2.12. The Morgan fingerprint density at radius 2 is 1.75 bits per heavy atom. The van der Waals surface area contributed by atoms with E-state index in [-0.39, 0.29) is 0 Å².